The van der Waals surface area contributed by atoms with Crippen molar-refractivity contribution < 1.29 is 0 Å². The summed E-state index contributed by atoms with van der Waals surface area (Å²) in [6, 6.07) is 9.32. The van der Waals surface area contributed by atoms with Gasteiger partial charge in [-0.2, -0.15) is 5.10 Å². The van der Waals surface area contributed by atoms with Crippen molar-refractivity contribution >= 4 is 10.9 Å². The highest BCUT2D eigenvalue weighted by Crippen LogP contribution is 2.18. The molecule has 0 amide bonds. The van der Waals surface area contributed by atoms with Crippen molar-refractivity contribution in [2.45, 2.75) is 39.7 Å². The second kappa shape index (κ2) is 7.34. The summed E-state index contributed by atoms with van der Waals surface area (Å²) in [4.78, 5) is 26.0. The Labute approximate surface area is 162 Å². The van der Waals surface area contributed by atoms with Crippen molar-refractivity contribution in [1.29, 1.82) is 0 Å². The van der Waals surface area contributed by atoms with Gasteiger partial charge in [-0.15, -0.1) is 0 Å². The fourth-order valence-corrected chi connectivity index (χ4v) is 3.15. The molecule has 7 nitrogen and oxygen atoms in total. The van der Waals surface area contributed by atoms with Crippen molar-refractivity contribution in [1.82, 2.24) is 29.3 Å². The third-order valence-corrected chi connectivity index (χ3v) is 4.73. The molecule has 142 valence electrons. The topological polar surface area (TPSA) is 78.5 Å². The van der Waals surface area contributed by atoms with Gasteiger partial charge in [-0.25, -0.2) is 14.6 Å². The maximum Gasteiger partial charge on any atom is 0.261 e. The molecular weight excluding hydrogens is 352 g/mol. The number of benzene rings is 1. The first-order valence-corrected chi connectivity index (χ1v) is 9.35. The second-order valence-electron chi connectivity index (χ2n) is 7.13. The number of hydrogen-bond donors (Lipinski definition) is 0. The SMILES string of the molecule is Cc1cnccc1-n1nc(C(C)C)nc1CCn1cnc2ccccc2c1=O. The van der Waals surface area contributed by atoms with Gasteiger partial charge in [-0.1, -0.05) is 26.0 Å². The minimum absolute atomic E-state index is 0.0409. The van der Waals surface area contributed by atoms with E-state index in [1.165, 1.54) is 0 Å². The molecule has 0 radical (unpaired) electrons. The highest BCUT2D eigenvalue weighted by atomic mass is 16.1. The Morgan fingerprint density at radius 1 is 1.14 bits per heavy atom. The van der Waals surface area contributed by atoms with E-state index in [9.17, 15) is 4.79 Å². The van der Waals surface area contributed by atoms with Gasteiger partial charge in [0.1, 0.15) is 5.82 Å². The van der Waals surface area contributed by atoms with Crippen LogP contribution in [-0.4, -0.2) is 29.3 Å². The van der Waals surface area contributed by atoms with E-state index in [0.717, 1.165) is 22.9 Å². The van der Waals surface area contributed by atoms with Crippen LogP contribution in [0.4, 0.5) is 0 Å². The number of aryl methyl sites for hydroxylation is 3. The predicted molar refractivity (Wildman–Crippen MR) is 108 cm³/mol. The van der Waals surface area contributed by atoms with Crippen LogP contribution in [0, 0.1) is 6.92 Å². The van der Waals surface area contributed by atoms with Crippen LogP contribution in [0.3, 0.4) is 0 Å². The molecule has 0 saturated carbocycles. The first-order chi connectivity index (χ1) is 13.5. The maximum absolute atomic E-state index is 12.7. The molecule has 0 aliphatic rings. The zero-order valence-electron chi connectivity index (χ0n) is 16.2. The average molecular weight is 374 g/mol. The molecular formula is C21H22N6O. The van der Waals surface area contributed by atoms with Crippen molar-refractivity contribution in [3.05, 3.63) is 76.6 Å². The summed E-state index contributed by atoms with van der Waals surface area (Å²) in [5.74, 6) is 1.82. The minimum atomic E-state index is -0.0409. The summed E-state index contributed by atoms with van der Waals surface area (Å²) in [5, 5.41) is 5.32. The molecule has 0 spiro atoms. The molecule has 7 heteroatoms. The van der Waals surface area contributed by atoms with E-state index in [1.807, 2.05) is 42.1 Å². The molecule has 0 aliphatic heterocycles. The molecule has 0 bridgehead atoms. The van der Waals surface area contributed by atoms with Gasteiger partial charge in [0.15, 0.2) is 5.82 Å². The molecule has 4 rings (SSSR count). The number of hydrogen-bond acceptors (Lipinski definition) is 5. The first kappa shape index (κ1) is 18.0. The summed E-state index contributed by atoms with van der Waals surface area (Å²) >= 11 is 0. The number of aromatic nitrogens is 6. The standard InChI is InChI=1S/C21H22N6O/c1-14(2)20-24-19(27(25-20)18-8-10-22-12-15(18)3)9-11-26-13-23-17-7-5-4-6-16(17)21(26)28/h4-8,10,12-14H,9,11H2,1-3H3. The maximum atomic E-state index is 12.7. The van der Waals surface area contributed by atoms with Gasteiger partial charge in [0.05, 0.1) is 22.9 Å². The molecule has 4 aromatic rings. The van der Waals surface area contributed by atoms with Crippen LogP contribution in [0.2, 0.25) is 0 Å². The van der Waals surface area contributed by atoms with Gasteiger partial charge in [0.2, 0.25) is 0 Å². The Kier molecular flexibility index (Phi) is 4.73. The lowest BCUT2D eigenvalue weighted by Gasteiger charge is -2.09. The summed E-state index contributed by atoms with van der Waals surface area (Å²) in [7, 11) is 0. The van der Waals surface area contributed by atoms with E-state index in [2.05, 4.69) is 23.8 Å². The first-order valence-electron chi connectivity index (χ1n) is 9.35. The zero-order chi connectivity index (χ0) is 19.7. The Bertz CT molecular complexity index is 1190. The zero-order valence-corrected chi connectivity index (χ0v) is 16.2. The predicted octanol–water partition coefficient (Wildman–Crippen LogP) is 3.05. The van der Waals surface area contributed by atoms with Crippen molar-refractivity contribution in [2.75, 3.05) is 0 Å². The Hall–Kier alpha value is -3.35. The quantitative estimate of drug-likeness (QED) is 0.536. The lowest BCUT2D eigenvalue weighted by atomic mass is 10.2. The van der Waals surface area contributed by atoms with Crippen LogP contribution >= 0.6 is 0 Å². The van der Waals surface area contributed by atoms with E-state index >= 15 is 0 Å². The molecule has 1 aromatic carbocycles. The van der Waals surface area contributed by atoms with Gasteiger partial charge < -0.3 is 0 Å². The fraction of sp³-hybridized carbons (Fsp3) is 0.286. The monoisotopic (exact) mass is 374 g/mol. The number of rotatable bonds is 5. The lowest BCUT2D eigenvalue weighted by molar-refractivity contribution is 0.628. The van der Waals surface area contributed by atoms with E-state index in [1.54, 1.807) is 23.2 Å². The summed E-state index contributed by atoms with van der Waals surface area (Å²) in [6.45, 7) is 6.62. The minimum Gasteiger partial charge on any atom is -0.298 e. The molecule has 0 unspecified atom stereocenters. The number of pyridine rings is 1. The average Bonchev–Trinajstić information content (AvgIpc) is 3.12. The van der Waals surface area contributed by atoms with Crippen molar-refractivity contribution in [3.63, 3.8) is 0 Å². The molecule has 0 N–H and O–H groups in total. The van der Waals surface area contributed by atoms with Crippen LogP contribution in [0.1, 0.15) is 37.0 Å². The van der Waals surface area contributed by atoms with Crippen molar-refractivity contribution in [3.8, 4) is 5.69 Å². The fourth-order valence-electron chi connectivity index (χ4n) is 3.15. The van der Waals surface area contributed by atoms with E-state index < -0.39 is 0 Å². The molecule has 3 aromatic heterocycles. The Morgan fingerprint density at radius 2 is 1.96 bits per heavy atom. The van der Waals surface area contributed by atoms with Crippen LogP contribution < -0.4 is 5.56 Å². The number of nitrogens with zero attached hydrogens (tertiary/aromatic N) is 6. The normalized spacial score (nSPS) is 11.4. The van der Waals surface area contributed by atoms with Crippen LogP contribution in [0.25, 0.3) is 16.6 Å². The largest absolute Gasteiger partial charge is 0.298 e. The van der Waals surface area contributed by atoms with Crippen LogP contribution in [0.15, 0.2) is 53.8 Å². The van der Waals surface area contributed by atoms with E-state index in [4.69, 9.17) is 10.1 Å². The van der Waals surface area contributed by atoms with Gasteiger partial charge in [-0.05, 0) is 30.7 Å². The van der Waals surface area contributed by atoms with Crippen LogP contribution in [-0.2, 0) is 13.0 Å². The third kappa shape index (κ3) is 3.31. The van der Waals surface area contributed by atoms with E-state index in [0.29, 0.717) is 23.9 Å². The summed E-state index contributed by atoms with van der Waals surface area (Å²) in [5.41, 5.74) is 2.64. The lowest BCUT2D eigenvalue weighted by Crippen LogP contribution is -2.22. The smallest absolute Gasteiger partial charge is 0.261 e. The molecule has 3 heterocycles. The molecule has 0 aliphatic carbocycles. The van der Waals surface area contributed by atoms with Crippen molar-refractivity contribution in [2.24, 2.45) is 0 Å². The van der Waals surface area contributed by atoms with E-state index in [-0.39, 0.29) is 11.5 Å². The van der Waals surface area contributed by atoms with Gasteiger partial charge >= 0.3 is 0 Å². The number of para-hydroxylation sites is 1. The Morgan fingerprint density at radius 3 is 2.75 bits per heavy atom. The summed E-state index contributed by atoms with van der Waals surface area (Å²) < 4.78 is 3.50. The van der Waals surface area contributed by atoms with Gasteiger partial charge in [0, 0.05) is 31.3 Å². The molecule has 28 heavy (non-hydrogen) atoms. The van der Waals surface area contributed by atoms with Gasteiger partial charge in [0.25, 0.3) is 5.56 Å². The number of fused-ring (bicyclic) bond motifs is 1. The van der Waals surface area contributed by atoms with Crippen LogP contribution in [0.5, 0.6) is 0 Å². The Balaban J connectivity index is 1.70. The highest BCUT2D eigenvalue weighted by molar-refractivity contribution is 5.76. The highest BCUT2D eigenvalue weighted by Gasteiger charge is 2.16. The third-order valence-electron chi connectivity index (χ3n) is 4.73. The summed E-state index contributed by atoms with van der Waals surface area (Å²) in [6.07, 6.45) is 5.74. The molecule has 0 atom stereocenters. The molecule has 0 fully saturated rings. The second-order valence-corrected chi connectivity index (χ2v) is 7.13. The van der Waals surface area contributed by atoms with Gasteiger partial charge in [-0.3, -0.25) is 14.3 Å². The molecule has 0 saturated heterocycles.